The summed E-state index contributed by atoms with van der Waals surface area (Å²) in [6, 6.07) is 2.35. The summed E-state index contributed by atoms with van der Waals surface area (Å²) in [5, 5.41) is 10.6. The van der Waals surface area contributed by atoms with Gasteiger partial charge in [0.1, 0.15) is 11.6 Å². The molecule has 1 rings (SSSR count). The van der Waals surface area contributed by atoms with Crippen LogP contribution in [0.5, 0.6) is 0 Å². The van der Waals surface area contributed by atoms with E-state index in [2.05, 4.69) is 10.3 Å². The molecule has 0 saturated carbocycles. The van der Waals surface area contributed by atoms with Crippen LogP contribution in [0, 0.1) is 0 Å². The smallest absolute Gasteiger partial charge is 0.408 e. The van der Waals surface area contributed by atoms with Crippen molar-refractivity contribution < 1.29 is 24.2 Å². The summed E-state index contributed by atoms with van der Waals surface area (Å²) in [4.78, 5) is 35.4. The first-order valence-corrected chi connectivity index (χ1v) is 6.45. The predicted octanol–water partition coefficient (Wildman–Crippen LogP) is 1.16. The molecule has 0 fully saturated rings. The second kappa shape index (κ2) is 8.60. The number of aromatic nitrogens is 1. The fourth-order valence-electron chi connectivity index (χ4n) is 1.05. The number of nitrogens with two attached hydrogens (primary N) is 1. The number of carboxylic acids is 1. The highest BCUT2D eigenvalue weighted by Gasteiger charge is 2.20. The van der Waals surface area contributed by atoms with Gasteiger partial charge >= 0.3 is 12.1 Å². The number of rotatable bonds is 3. The van der Waals surface area contributed by atoms with E-state index in [0.717, 1.165) is 0 Å². The van der Waals surface area contributed by atoms with Crippen LogP contribution in [0.1, 0.15) is 38.1 Å². The van der Waals surface area contributed by atoms with Gasteiger partial charge in [0.05, 0.1) is 5.56 Å². The average Bonchev–Trinajstić information content (AvgIpc) is 2.38. The van der Waals surface area contributed by atoms with E-state index >= 15 is 0 Å². The molecule has 2 amide bonds. The van der Waals surface area contributed by atoms with Gasteiger partial charge in [0, 0.05) is 12.4 Å². The lowest BCUT2D eigenvalue weighted by atomic mass is 10.2. The zero-order valence-corrected chi connectivity index (χ0v) is 13.0. The summed E-state index contributed by atoms with van der Waals surface area (Å²) >= 11 is 0. The molecule has 0 aliphatic carbocycles. The van der Waals surface area contributed by atoms with Crippen LogP contribution in [0.3, 0.4) is 0 Å². The SMILES string of the molecule is C[C@H](NC(=O)OC(C)(C)C)C(=O)O.NC(=O)c1cccnc1. The van der Waals surface area contributed by atoms with Gasteiger partial charge in [-0.15, -0.1) is 0 Å². The van der Waals surface area contributed by atoms with Gasteiger partial charge in [-0.3, -0.25) is 14.6 Å². The third kappa shape index (κ3) is 9.29. The van der Waals surface area contributed by atoms with Crippen LogP contribution in [0.15, 0.2) is 24.5 Å². The minimum absolute atomic E-state index is 0.442. The summed E-state index contributed by atoms with van der Waals surface area (Å²) < 4.78 is 4.85. The van der Waals surface area contributed by atoms with Crippen molar-refractivity contribution in [2.75, 3.05) is 0 Å². The molecular formula is C14H21N3O5. The van der Waals surface area contributed by atoms with Crippen LogP contribution in [0.25, 0.3) is 0 Å². The first kappa shape index (κ1) is 19.4. The maximum atomic E-state index is 11.0. The number of primary amides is 1. The molecule has 8 nitrogen and oxygen atoms in total. The van der Waals surface area contributed by atoms with Gasteiger partial charge in [-0.25, -0.2) is 4.79 Å². The lowest BCUT2D eigenvalue weighted by Gasteiger charge is -2.20. The quantitative estimate of drug-likeness (QED) is 0.767. The fraction of sp³-hybridized carbons (Fsp3) is 0.429. The third-order valence-electron chi connectivity index (χ3n) is 2.05. The van der Waals surface area contributed by atoms with Crippen molar-refractivity contribution in [2.45, 2.75) is 39.3 Å². The maximum absolute atomic E-state index is 11.0. The monoisotopic (exact) mass is 311 g/mol. The van der Waals surface area contributed by atoms with E-state index in [4.69, 9.17) is 15.6 Å². The molecular weight excluding hydrogens is 290 g/mol. The summed E-state index contributed by atoms with van der Waals surface area (Å²) in [6.07, 6.45) is 2.30. The van der Waals surface area contributed by atoms with Crippen LogP contribution in [0.2, 0.25) is 0 Å². The number of hydrogen-bond donors (Lipinski definition) is 3. The standard InChI is InChI=1S/C8H15NO4.C6H6N2O/c1-5(6(10)11)9-7(12)13-8(2,3)4;7-6(9)5-2-1-3-8-4-5/h5H,1-4H3,(H,9,12)(H,10,11);1-4H,(H2,7,9)/t5-;/m0./s1. The van der Waals surface area contributed by atoms with Crippen molar-refractivity contribution in [3.8, 4) is 0 Å². The molecule has 8 heteroatoms. The molecule has 0 radical (unpaired) electrons. The number of amides is 2. The fourth-order valence-corrected chi connectivity index (χ4v) is 1.05. The number of nitrogens with one attached hydrogen (secondary N) is 1. The molecule has 0 aliphatic heterocycles. The van der Waals surface area contributed by atoms with E-state index in [1.807, 2.05) is 0 Å². The summed E-state index contributed by atoms with van der Waals surface area (Å²) in [5.41, 5.74) is 4.77. The lowest BCUT2D eigenvalue weighted by molar-refractivity contribution is -0.139. The van der Waals surface area contributed by atoms with E-state index in [-0.39, 0.29) is 0 Å². The third-order valence-corrected chi connectivity index (χ3v) is 2.05. The Hall–Kier alpha value is -2.64. The molecule has 0 aromatic carbocycles. The topological polar surface area (TPSA) is 132 Å². The second-order valence-electron chi connectivity index (χ2n) is 5.31. The summed E-state index contributed by atoms with van der Waals surface area (Å²) in [5.74, 6) is -1.53. The minimum Gasteiger partial charge on any atom is -0.480 e. The number of nitrogens with zero attached hydrogens (tertiary/aromatic N) is 1. The number of hydrogen-bond acceptors (Lipinski definition) is 5. The Bertz CT molecular complexity index is 511. The molecule has 0 aliphatic rings. The van der Waals surface area contributed by atoms with Crippen molar-refractivity contribution in [1.82, 2.24) is 10.3 Å². The van der Waals surface area contributed by atoms with E-state index in [1.165, 1.54) is 13.1 Å². The van der Waals surface area contributed by atoms with Gasteiger partial charge in [-0.2, -0.15) is 0 Å². The molecule has 0 saturated heterocycles. The second-order valence-corrected chi connectivity index (χ2v) is 5.31. The van der Waals surface area contributed by atoms with Gasteiger partial charge in [0.15, 0.2) is 0 Å². The highest BCUT2D eigenvalue weighted by atomic mass is 16.6. The molecule has 1 heterocycles. The van der Waals surface area contributed by atoms with Gasteiger partial charge in [0.25, 0.3) is 0 Å². The highest BCUT2D eigenvalue weighted by Crippen LogP contribution is 2.06. The predicted molar refractivity (Wildman–Crippen MR) is 79.2 cm³/mol. The zero-order chi connectivity index (χ0) is 17.3. The van der Waals surface area contributed by atoms with Gasteiger partial charge in [-0.05, 0) is 39.8 Å². The Balaban J connectivity index is 0.000000425. The molecule has 122 valence electrons. The molecule has 1 aromatic rings. The van der Waals surface area contributed by atoms with E-state index in [0.29, 0.717) is 5.56 Å². The van der Waals surface area contributed by atoms with Crippen molar-refractivity contribution in [3.63, 3.8) is 0 Å². The number of carbonyl (C=O) groups excluding carboxylic acids is 2. The summed E-state index contributed by atoms with van der Waals surface area (Å²) in [7, 11) is 0. The number of aliphatic carboxylic acids is 1. The van der Waals surface area contributed by atoms with Gasteiger partial charge in [0.2, 0.25) is 5.91 Å². The number of carbonyl (C=O) groups is 3. The first-order valence-electron chi connectivity index (χ1n) is 6.45. The molecule has 1 aromatic heterocycles. The van der Waals surface area contributed by atoms with Crippen molar-refractivity contribution in [3.05, 3.63) is 30.1 Å². The Morgan fingerprint density at radius 3 is 2.27 bits per heavy atom. The summed E-state index contributed by atoms with van der Waals surface area (Å²) in [6.45, 7) is 6.49. The van der Waals surface area contributed by atoms with Crippen molar-refractivity contribution in [2.24, 2.45) is 5.73 Å². The minimum atomic E-state index is -1.09. The molecule has 0 spiro atoms. The van der Waals surface area contributed by atoms with Crippen LogP contribution in [-0.4, -0.2) is 39.7 Å². The Morgan fingerprint density at radius 1 is 1.36 bits per heavy atom. The van der Waals surface area contributed by atoms with E-state index in [1.54, 1.807) is 39.1 Å². The Morgan fingerprint density at radius 2 is 1.95 bits per heavy atom. The number of ether oxygens (including phenoxy) is 1. The molecule has 4 N–H and O–H groups in total. The van der Waals surface area contributed by atoms with E-state index < -0.39 is 29.6 Å². The van der Waals surface area contributed by atoms with E-state index in [9.17, 15) is 14.4 Å². The Kier molecular flexibility index (Phi) is 7.57. The first-order chi connectivity index (χ1) is 10.0. The van der Waals surface area contributed by atoms with Crippen LogP contribution in [-0.2, 0) is 9.53 Å². The largest absolute Gasteiger partial charge is 0.480 e. The molecule has 0 unspecified atom stereocenters. The van der Waals surface area contributed by atoms with Crippen molar-refractivity contribution >= 4 is 18.0 Å². The number of alkyl carbamates (subject to hydrolysis) is 1. The molecule has 0 bridgehead atoms. The number of pyridine rings is 1. The maximum Gasteiger partial charge on any atom is 0.408 e. The van der Waals surface area contributed by atoms with Gasteiger partial charge < -0.3 is 20.9 Å². The highest BCUT2D eigenvalue weighted by molar-refractivity contribution is 5.92. The van der Waals surface area contributed by atoms with Crippen LogP contribution < -0.4 is 11.1 Å². The Labute approximate surface area is 128 Å². The molecule has 1 atom stereocenters. The average molecular weight is 311 g/mol. The van der Waals surface area contributed by atoms with Gasteiger partial charge in [-0.1, -0.05) is 0 Å². The number of carboxylic acid groups (broad SMARTS) is 1. The molecule has 22 heavy (non-hydrogen) atoms. The normalized spacial score (nSPS) is 11.5. The lowest BCUT2D eigenvalue weighted by Crippen LogP contribution is -2.41. The van der Waals surface area contributed by atoms with Crippen LogP contribution >= 0.6 is 0 Å². The van der Waals surface area contributed by atoms with Crippen molar-refractivity contribution in [1.29, 1.82) is 0 Å². The zero-order valence-electron chi connectivity index (χ0n) is 13.0. The van der Waals surface area contributed by atoms with Crippen LogP contribution in [0.4, 0.5) is 4.79 Å².